The van der Waals surface area contributed by atoms with Gasteiger partial charge in [-0.25, -0.2) is 0 Å². The van der Waals surface area contributed by atoms with Gasteiger partial charge in [0.1, 0.15) is 6.61 Å². The van der Waals surface area contributed by atoms with Crippen LogP contribution >= 0.6 is 23.2 Å². The van der Waals surface area contributed by atoms with Crippen LogP contribution in [0.4, 0.5) is 0 Å². The summed E-state index contributed by atoms with van der Waals surface area (Å²) in [6, 6.07) is 5.33. The van der Waals surface area contributed by atoms with E-state index in [2.05, 4.69) is 0 Å². The van der Waals surface area contributed by atoms with Gasteiger partial charge in [-0.3, -0.25) is 0 Å². The van der Waals surface area contributed by atoms with E-state index < -0.39 is 0 Å². The van der Waals surface area contributed by atoms with Crippen molar-refractivity contribution in [1.82, 2.24) is 0 Å². The maximum absolute atomic E-state index is 9.22. The van der Waals surface area contributed by atoms with Gasteiger partial charge in [-0.15, -0.1) is 0 Å². The van der Waals surface area contributed by atoms with Crippen molar-refractivity contribution in [2.24, 2.45) is 0 Å². The molecule has 0 aliphatic heterocycles. The lowest BCUT2D eigenvalue weighted by molar-refractivity contribution is 0.258. The molecule has 1 rings (SSSR count). The molecule has 0 saturated heterocycles. The van der Waals surface area contributed by atoms with E-state index in [4.69, 9.17) is 32.7 Å². The summed E-state index contributed by atoms with van der Waals surface area (Å²) in [6.07, 6.45) is 0. The van der Waals surface area contributed by atoms with Crippen LogP contribution in [0.5, 0.6) is 11.5 Å². The van der Waals surface area contributed by atoms with E-state index in [9.17, 15) is 5.11 Å². The van der Waals surface area contributed by atoms with E-state index >= 15 is 0 Å². The molecule has 3 nitrogen and oxygen atoms in total. The Labute approximate surface area is 111 Å². The first-order chi connectivity index (χ1) is 8.22. The fourth-order valence-corrected chi connectivity index (χ4v) is 1.41. The second-order valence-corrected chi connectivity index (χ2v) is 3.88. The third-order valence-corrected chi connectivity index (χ3v) is 2.60. The zero-order valence-electron chi connectivity index (χ0n) is 9.45. The van der Waals surface area contributed by atoms with Crippen LogP contribution in [0.2, 0.25) is 0 Å². The van der Waals surface area contributed by atoms with Gasteiger partial charge in [0.05, 0.1) is 18.2 Å². The Balaban J connectivity index is 2.92. The zero-order chi connectivity index (χ0) is 12.7. The van der Waals surface area contributed by atoms with Gasteiger partial charge in [-0.2, -0.15) is 0 Å². The lowest BCUT2D eigenvalue weighted by atomic mass is 10.2. The van der Waals surface area contributed by atoms with Gasteiger partial charge < -0.3 is 14.6 Å². The van der Waals surface area contributed by atoms with E-state index in [0.29, 0.717) is 28.7 Å². The zero-order valence-corrected chi connectivity index (χ0v) is 11.0. The van der Waals surface area contributed by atoms with Crippen LogP contribution < -0.4 is 9.47 Å². The van der Waals surface area contributed by atoms with E-state index in [-0.39, 0.29) is 13.2 Å². The third-order valence-electron chi connectivity index (χ3n) is 2.00. The monoisotopic (exact) mass is 276 g/mol. The van der Waals surface area contributed by atoms with Gasteiger partial charge in [0, 0.05) is 11.1 Å². The number of para-hydroxylation sites is 1. The molecule has 0 unspecified atom stereocenters. The van der Waals surface area contributed by atoms with Gasteiger partial charge in [-0.1, -0.05) is 35.3 Å². The average Bonchev–Trinajstić information content (AvgIpc) is 2.36. The Morgan fingerprint density at radius 2 is 2.18 bits per heavy atom. The van der Waals surface area contributed by atoms with E-state index in [1.54, 1.807) is 18.2 Å². The summed E-state index contributed by atoms with van der Waals surface area (Å²) in [7, 11) is 0. The maximum Gasteiger partial charge on any atom is 0.167 e. The topological polar surface area (TPSA) is 38.7 Å². The molecule has 0 radical (unpaired) electrons. The molecule has 0 aliphatic carbocycles. The number of halogens is 2. The van der Waals surface area contributed by atoms with Crippen molar-refractivity contribution in [2.45, 2.75) is 13.5 Å². The predicted octanol–water partition coefficient (Wildman–Crippen LogP) is 3.28. The summed E-state index contributed by atoms with van der Waals surface area (Å²) in [5, 5.41) is 9.60. The van der Waals surface area contributed by atoms with E-state index in [0.717, 1.165) is 0 Å². The molecule has 0 aromatic heterocycles. The lowest BCUT2D eigenvalue weighted by Crippen LogP contribution is -2.03. The summed E-state index contributed by atoms with van der Waals surface area (Å²) in [4.78, 5) is 0. The molecule has 0 heterocycles. The minimum absolute atomic E-state index is 0.127. The average molecular weight is 277 g/mol. The summed E-state index contributed by atoms with van der Waals surface area (Å²) < 4.78 is 10.9. The second kappa shape index (κ2) is 7.43. The highest BCUT2D eigenvalue weighted by atomic mass is 35.5. The van der Waals surface area contributed by atoms with Crippen LogP contribution in [-0.2, 0) is 6.61 Å². The largest absolute Gasteiger partial charge is 0.490 e. The first-order valence-corrected chi connectivity index (χ1v) is 5.97. The molecule has 5 heteroatoms. The number of benzene rings is 1. The summed E-state index contributed by atoms with van der Waals surface area (Å²) in [5.41, 5.74) is 1.89. The van der Waals surface area contributed by atoms with E-state index in [1.807, 2.05) is 6.92 Å². The molecule has 0 aliphatic rings. The summed E-state index contributed by atoms with van der Waals surface area (Å²) in [5.74, 6) is 1.08. The highest BCUT2D eigenvalue weighted by molar-refractivity contribution is 6.36. The van der Waals surface area contributed by atoms with Crippen LogP contribution in [0.25, 0.3) is 0 Å². The molecular formula is C12H14Cl2O3. The fraction of sp³-hybridized carbons (Fsp3) is 0.333. The van der Waals surface area contributed by atoms with Crippen molar-refractivity contribution in [3.05, 3.63) is 34.3 Å². The molecule has 0 bridgehead atoms. The van der Waals surface area contributed by atoms with Crippen LogP contribution in [0.3, 0.4) is 0 Å². The number of ether oxygens (including phenoxy) is 2. The quantitative estimate of drug-likeness (QED) is 0.867. The van der Waals surface area contributed by atoms with E-state index in [1.165, 1.54) is 5.54 Å². The molecule has 0 saturated carbocycles. The Bertz CT molecular complexity index is 391. The Kier molecular flexibility index (Phi) is 6.19. The Morgan fingerprint density at radius 1 is 1.41 bits per heavy atom. The molecule has 17 heavy (non-hydrogen) atoms. The van der Waals surface area contributed by atoms with Crippen molar-refractivity contribution in [3.8, 4) is 11.5 Å². The SMILES string of the molecule is CCOc1cccc(CO)c1OCC(Cl)=CCl. The molecule has 1 N–H and O–H groups in total. The molecule has 94 valence electrons. The normalized spacial score (nSPS) is 11.4. The van der Waals surface area contributed by atoms with Crippen molar-refractivity contribution in [1.29, 1.82) is 0 Å². The number of aliphatic hydroxyl groups is 1. The van der Waals surface area contributed by atoms with Crippen molar-refractivity contribution in [3.63, 3.8) is 0 Å². The minimum Gasteiger partial charge on any atom is -0.490 e. The molecule has 0 spiro atoms. The number of hydrogen-bond donors (Lipinski definition) is 1. The van der Waals surface area contributed by atoms with Gasteiger partial charge in [-0.05, 0) is 13.0 Å². The molecule has 1 aromatic carbocycles. The fourth-order valence-electron chi connectivity index (χ4n) is 1.29. The summed E-state index contributed by atoms with van der Waals surface area (Å²) in [6.45, 7) is 2.41. The van der Waals surface area contributed by atoms with Crippen molar-refractivity contribution >= 4 is 23.2 Å². The van der Waals surface area contributed by atoms with Crippen molar-refractivity contribution in [2.75, 3.05) is 13.2 Å². The molecule has 0 atom stereocenters. The summed E-state index contributed by atoms with van der Waals surface area (Å²) >= 11 is 11.2. The smallest absolute Gasteiger partial charge is 0.167 e. The first-order valence-electron chi connectivity index (χ1n) is 5.16. The van der Waals surface area contributed by atoms with Crippen LogP contribution in [0, 0.1) is 0 Å². The lowest BCUT2D eigenvalue weighted by Gasteiger charge is -2.14. The predicted molar refractivity (Wildman–Crippen MR) is 68.8 cm³/mol. The van der Waals surface area contributed by atoms with Gasteiger partial charge in [0.25, 0.3) is 0 Å². The number of hydrogen-bond acceptors (Lipinski definition) is 3. The molecule has 0 amide bonds. The highest BCUT2D eigenvalue weighted by Gasteiger charge is 2.10. The highest BCUT2D eigenvalue weighted by Crippen LogP contribution is 2.32. The van der Waals surface area contributed by atoms with Crippen LogP contribution in [0.15, 0.2) is 28.8 Å². The van der Waals surface area contributed by atoms with Crippen LogP contribution in [0.1, 0.15) is 12.5 Å². The van der Waals surface area contributed by atoms with Gasteiger partial charge >= 0.3 is 0 Å². The van der Waals surface area contributed by atoms with Gasteiger partial charge in [0.2, 0.25) is 0 Å². The Morgan fingerprint density at radius 3 is 2.76 bits per heavy atom. The standard InChI is InChI=1S/C12H14Cl2O3/c1-2-16-11-5-3-4-9(7-15)12(11)17-8-10(14)6-13/h3-6,15H,2,7-8H2,1H3. The maximum atomic E-state index is 9.22. The number of aliphatic hydroxyl groups excluding tert-OH is 1. The Hall–Kier alpha value is -0.900. The minimum atomic E-state index is -0.127. The molecular weight excluding hydrogens is 263 g/mol. The van der Waals surface area contributed by atoms with Gasteiger partial charge in [0.15, 0.2) is 11.5 Å². The first kappa shape index (κ1) is 14.2. The molecule has 1 aromatic rings. The number of rotatable bonds is 6. The molecule has 0 fully saturated rings. The van der Waals surface area contributed by atoms with Crippen LogP contribution in [-0.4, -0.2) is 18.3 Å². The van der Waals surface area contributed by atoms with Crippen molar-refractivity contribution < 1.29 is 14.6 Å². The third kappa shape index (κ3) is 4.11. The second-order valence-electron chi connectivity index (χ2n) is 3.18.